The molecule has 2 N–H and O–H groups in total. The predicted octanol–water partition coefficient (Wildman–Crippen LogP) is 0.541. The number of hydrogen-bond acceptors (Lipinski definition) is 4. The Bertz CT molecular complexity index is 923. The number of carboxylic acid groups (broad SMARTS) is 1. The van der Waals surface area contributed by atoms with E-state index in [1.165, 1.54) is 16.2 Å². The number of aromatic nitrogens is 2. The normalized spacial score (nSPS) is 24.5. The highest BCUT2D eigenvalue weighted by atomic mass is 32.1. The molecule has 0 spiro atoms. The number of aryl methyl sites for hydroxylation is 2. The molecule has 0 aliphatic carbocycles. The quantitative estimate of drug-likeness (QED) is 0.626. The van der Waals surface area contributed by atoms with E-state index in [1.54, 1.807) is 6.92 Å². The van der Waals surface area contributed by atoms with E-state index in [2.05, 4.69) is 0 Å². The van der Waals surface area contributed by atoms with Crippen molar-refractivity contribution in [2.75, 3.05) is 0 Å². The third-order valence-corrected chi connectivity index (χ3v) is 6.33. The molecule has 3 atom stereocenters. The summed E-state index contributed by atoms with van der Waals surface area (Å²) >= 11 is 1.53. The first-order valence-electron chi connectivity index (χ1n) is 7.76. The van der Waals surface area contributed by atoms with Crippen molar-refractivity contribution in [3.05, 3.63) is 28.8 Å². The molecule has 7 nitrogen and oxygen atoms in total. The number of carbonyl (C=O) groups excluding carboxylic acids is 1. The van der Waals surface area contributed by atoms with Crippen molar-refractivity contribution in [3.63, 3.8) is 0 Å². The number of fused-ring (bicyclic) bond motifs is 2. The van der Waals surface area contributed by atoms with E-state index in [0.717, 1.165) is 15.4 Å². The van der Waals surface area contributed by atoms with Gasteiger partial charge < -0.3 is 15.1 Å². The highest BCUT2D eigenvalue weighted by molar-refractivity contribution is 7.18. The molecule has 0 bridgehead atoms. The molecule has 126 valence electrons. The van der Waals surface area contributed by atoms with Crippen LogP contribution in [0.2, 0.25) is 0 Å². The van der Waals surface area contributed by atoms with Gasteiger partial charge in [0.15, 0.2) is 5.69 Å². The SMILES string of the molecule is Cc1c2sc(C3=C(C(=O)O)N4C(=O)[C@H]([C@@H](C)O)[C@H]4C3)c[n+]2cn1C. The highest BCUT2D eigenvalue weighted by Gasteiger charge is 2.57. The number of rotatable bonds is 3. The molecule has 0 radical (unpaired) electrons. The van der Waals surface area contributed by atoms with E-state index in [-0.39, 0.29) is 17.6 Å². The predicted molar refractivity (Wildman–Crippen MR) is 86.2 cm³/mol. The van der Waals surface area contributed by atoms with Crippen molar-refractivity contribution >= 4 is 33.6 Å². The Hall–Kier alpha value is -2.19. The zero-order valence-electron chi connectivity index (χ0n) is 13.6. The fourth-order valence-electron chi connectivity index (χ4n) is 3.77. The number of aliphatic carboxylic acids is 1. The second kappa shape index (κ2) is 4.90. The summed E-state index contributed by atoms with van der Waals surface area (Å²) in [5, 5.41) is 19.4. The monoisotopic (exact) mass is 348 g/mol. The number of hydrogen-bond donors (Lipinski definition) is 2. The Morgan fingerprint density at radius 1 is 1.50 bits per heavy atom. The topological polar surface area (TPSA) is 86.9 Å². The van der Waals surface area contributed by atoms with Crippen molar-refractivity contribution in [2.24, 2.45) is 13.0 Å². The van der Waals surface area contributed by atoms with Crippen LogP contribution in [-0.2, 0) is 16.6 Å². The van der Waals surface area contributed by atoms with Gasteiger partial charge in [-0.05, 0) is 13.3 Å². The summed E-state index contributed by atoms with van der Waals surface area (Å²) < 4.78 is 3.99. The zero-order chi connectivity index (χ0) is 17.3. The number of nitrogens with zero attached hydrogens (tertiary/aromatic N) is 3. The molecule has 1 saturated heterocycles. The molecule has 4 heterocycles. The molecule has 0 unspecified atom stereocenters. The highest BCUT2D eigenvalue weighted by Crippen LogP contribution is 2.47. The van der Waals surface area contributed by atoms with Crippen LogP contribution in [0.5, 0.6) is 0 Å². The van der Waals surface area contributed by atoms with Crippen LogP contribution < -0.4 is 4.40 Å². The van der Waals surface area contributed by atoms with E-state index >= 15 is 0 Å². The minimum atomic E-state index is -1.09. The summed E-state index contributed by atoms with van der Waals surface area (Å²) in [4.78, 5) is 27.3. The Morgan fingerprint density at radius 2 is 2.21 bits per heavy atom. The number of thiazole rings is 1. The Labute approximate surface area is 142 Å². The number of aliphatic hydroxyl groups excluding tert-OH is 1. The Kier molecular flexibility index (Phi) is 3.14. The lowest BCUT2D eigenvalue weighted by atomic mass is 9.83. The van der Waals surface area contributed by atoms with Crippen LogP contribution in [0.1, 0.15) is 23.9 Å². The standard InChI is InChI=1S/C16H17N3O4S/c1-7-15-18(6-17(7)3)5-11(24-15)9-4-10-12(8(2)20)14(21)19(10)13(9)16(22)23/h5-6,8,10,12,20H,4H2,1-3H3/p+1/t8-,10-,12-/m1/s1. The summed E-state index contributed by atoms with van der Waals surface area (Å²) in [6.07, 6.45) is 3.56. The van der Waals surface area contributed by atoms with Gasteiger partial charge in [0.25, 0.3) is 0 Å². The Balaban J connectivity index is 1.81. The van der Waals surface area contributed by atoms with E-state index in [0.29, 0.717) is 12.0 Å². The molecule has 24 heavy (non-hydrogen) atoms. The van der Waals surface area contributed by atoms with Crippen LogP contribution >= 0.6 is 11.3 Å². The summed E-state index contributed by atoms with van der Waals surface area (Å²) in [7, 11) is 1.96. The lowest BCUT2D eigenvalue weighted by Gasteiger charge is -2.44. The van der Waals surface area contributed by atoms with E-state index < -0.39 is 18.0 Å². The van der Waals surface area contributed by atoms with Crippen LogP contribution in [0.3, 0.4) is 0 Å². The van der Waals surface area contributed by atoms with Crippen LogP contribution in [-0.4, -0.2) is 43.7 Å². The number of carboxylic acids is 1. The van der Waals surface area contributed by atoms with Crippen molar-refractivity contribution in [3.8, 4) is 0 Å². The fourth-order valence-corrected chi connectivity index (χ4v) is 4.94. The van der Waals surface area contributed by atoms with Gasteiger partial charge in [-0.15, -0.1) is 0 Å². The van der Waals surface area contributed by atoms with Gasteiger partial charge >= 0.3 is 5.97 Å². The first kappa shape index (κ1) is 15.3. The molecule has 2 aromatic heterocycles. The fraction of sp³-hybridized carbons (Fsp3) is 0.438. The molecule has 4 rings (SSSR count). The van der Waals surface area contributed by atoms with Gasteiger partial charge in [-0.2, -0.15) is 4.40 Å². The lowest BCUT2D eigenvalue weighted by molar-refractivity contribution is -0.508. The molecule has 8 heteroatoms. The smallest absolute Gasteiger partial charge is 0.352 e. The van der Waals surface area contributed by atoms with Crippen molar-refractivity contribution in [1.29, 1.82) is 0 Å². The first-order valence-corrected chi connectivity index (χ1v) is 8.57. The van der Waals surface area contributed by atoms with Gasteiger partial charge in [0.05, 0.1) is 30.0 Å². The van der Waals surface area contributed by atoms with E-state index in [4.69, 9.17) is 0 Å². The maximum atomic E-state index is 12.3. The Morgan fingerprint density at radius 3 is 2.79 bits per heavy atom. The summed E-state index contributed by atoms with van der Waals surface area (Å²) in [6, 6.07) is -0.253. The summed E-state index contributed by atoms with van der Waals surface area (Å²) in [5.74, 6) is -1.90. The first-order chi connectivity index (χ1) is 11.3. The molecule has 2 aliphatic rings. The third kappa shape index (κ3) is 1.83. The lowest BCUT2D eigenvalue weighted by Crippen LogP contribution is -2.61. The molecule has 1 amide bonds. The van der Waals surface area contributed by atoms with Crippen LogP contribution in [0.4, 0.5) is 0 Å². The van der Waals surface area contributed by atoms with E-state index in [1.807, 2.05) is 35.5 Å². The number of β-lactam (4-membered cyclic amide) rings is 1. The van der Waals surface area contributed by atoms with E-state index in [9.17, 15) is 19.8 Å². The number of carbonyl (C=O) groups is 2. The van der Waals surface area contributed by atoms with Crippen molar-refractivity contribution < 1.29 is 24.2 Å². The van der Waals surface area contributed by atoms with Gasteiger partial charge in [0, 0.05) is 12.5 Å². The maximum Gasteiger partial charge on any atom is 0.352 e. The van der Waals surface area contributed by atoms with Gasteiger partial charge in [-0.3, -0.25) is 4.79 Å². The van der Waals surface area contributed by atoms with Crippen molar-refractivity contribution in [1.82, 2.24) is 9.47 Å². The number of aliphatic hydroxyl groups is 1. The second-order valence-electron chi connectivity index (χ2n) is 6.50. The third-order valence-electron chi connectivity index (χ3n) is 5.06. The zero-order valence-corrected chi connectivity index (χ0v) is 14.4. The molecule has 2 aromatic rings. The molecule has 0 aromatic carbocycles. The average molecular weight is 348 g/mol. The van der Waals surface area contributed by atoms with Crippen molar-refractivity contribution in [2.45, 2.75) is 32.4 Å². The molecule has 2 aliphatic heterocycles. The summed E-state index contributed by atoms with van der Waals surface area (Å²) in [5.41, 5.74) is 1.84. The van der Waals surface area contributed by atoms with Crippen LogP contribution in [0.15, 0.2) is 18.2 Å². The molecule has 1 fully saturated rings. The molecular formula is C16H18N3O4S+. The van der Waals surface area contributed by atoms with Crippen LogP contribution in [0, 0.1) is 12.8 Å². The molecule has 0 saturated carbocycles. The van der Waals surface area contributed by atoms with Gasteiger partial charge in [-0.1, -0.05) is 11.3 Å². The minimum absolute atomic E-state index is 0.0634. The number of amides is 1. The van der Waals surface area contributed by atoms with Gasteiger partial charge in [0.2, 0.25) is 17.1 Å². The number of imidazole rings is 1. The van der Waals surface area contributed by atoms with Gasteiger partial charge in [-0.25, -0.2) is 9.36 Å². The average Bonchev–Trinajstić information content (AvgIpc) is 3.11. The summed E-state index contributed by atoms with van der Waals surface area (Å²) in [6.45, 7) is 3.59. The largest absolute Gasteiger partial charge is 0.477 e. The maximum absolute atomic E-state index is 12.3. The van der Waals surface area contributed by atoms with Gasteiger partial charge in [0.1, 0.15) is 11.9 Å². The molecular weight excluding hydrogens is 330 g/mol. The van der Waals surface area contributed by atoms with Crippen LogP contribution in [0.25, 0.3) is 10.4 Å². The minimum Gasteiger partial charge on any atom is -0.477 e. The second-order valence-corrected chi connectivity index (χ2v) is 7.53.